The summed E-state index contributed by atoms with van der Waals surface area (Å²) in [6.07, 6.45) is 2.07. The van der Waals surface area contributed by atoms with Crippen LogP contribution in [-0.4, -0.2) is 52.8 Å². The molecule has 1 saturated heterocycles. The zero-order valence-corrected chi connectivity index (χ0v) is 19.5. The molecule has 1 aliphatic heterocycles. The highest BCUT2D eigenvalue weighted by atomic mass is 32.1. The maximum absolute atomic E-state index is 12.6. The standard InChI is InChI=1S/C25H29N3O3S/c1-15-22(23(25(29)30)16-4-6-17(7-5-16)24(26)32)20-14-19(31-3)8-9-21(20)28(15)18-10-12-27(2)13-11-18/h4-9,14,18,23H,10-13H2,1-3H3,(H2,26,32)(H,29,30). The maximum atomic E-state index is 12.6. The Morgan fingerprint density at radius 1 is 1.19 bits per heavy atom. The number of nitrogens with zero attached hydrogens (tertiary/aromatic N) is 2. The molecule has 3 aromatic rings. The van der Waals surface area contributed by atoms with E-state index in [-0.39, 0.29) is 0 Å². The summed E-state index contributed by atoms with van der Waals surface area (Å²) in [6, 6.07) is 13.5. The van der Waals surface area contributed by atoms with Crippen LogP contribution >= 0.6 is 12.2 Å². The fourth-order valence-electron chi connectivity index (χ4n) is 4.93. The summed E-state index contributed by atoms with van der Waals surface area (Å²) < 4.78 is 7.83. The fourth-order valence-corrected chi connectivity index (χ4v) is 5.07. The number of benzene rings is 2. The Morgan fingerprint density at radius 3 is 2.41 bits per heavy atom. The number of thiocarbonyl (C=S) groups is 1. The lowest BCUT2D eigenvalue weighted by atomic mass is 9.88. The minimum Gasteiger partial charge on any atom is -0.497 e. The molecule has 0 spiro atoms. The van der Waals surface area contributed by atoms with Gasteiger partial charge in [0, 0.05) is 28.2 Å². The SMILES string of the molecule is COc1ccc2c(c1)c(C(C(=O)O)c1ccc(C(N)=S)cc1)c(C)n2C1CCN(C)CC1. The highest BCUT2D eigenvalue weighted by Gasteiger charge is 2.31. The van der Waals surface area contributed by atoms with Crippen LogP contribution in [0.15, 0.2) is 42.5 Å². The fraction of sp³-hybridized carbons (Fsp3) is 0.360. The lowest BCUT2D eigenvalue weighted by molar-refractivity contribution is -0.137. The smallest absolute Gasteiger partial charge is 0.315 e. The van der Waals surface area contributed by atoms with Gasteiger partial charge in [-0.25, -0.2) is 0 Å². The summed E-state index contributed by atoms with van der Waals surface area (Å²) in [4.78, 5) is 15.2. The number of likely N-dealkylation sites (tertiary alicyclic amines) is 1. The molecule has 1 aliphatic rings. The average Bonchev–Trinajstić information content (AvgIpc) is 3.06. The number of rotatable bonds is 6. The van der Waals surface area contributed by atoms with Crippen molar-refractivity contribution in [1.29, 1.82) is 0 Å². The number of piperidine rings is 1. The Bertz CT molecular complexity index is 1160. The molecular weight excluding hydrogens is 422 g/mol. The molecule has 7 heteroatoms. The Balaban J connectivity index is 1.91. The second-order valence-corrected chi connectivity index (χ2v) is 8.98. The van der Waals surface area contributed by atoms with Gasteiger partial charge in [-0.15, -0.1) is 0 Å². The van der Waals surface area contributed by atoms with Gasteiger partial charge in [-0.2, -0.15) is 0 Å². The first kappa shape index (κ1) is 22.3. The first-order valence-electron chi connectivity index (χ1n) is 10.8. The molecule has 0 saturated carbocycles. The van der Waals surface area contributed by atoms with Gasteiger partial charge in [0.15, 0.2) is 0 Å². The van der Waals surface area contributed by atoms with Crippen LogP contribution in [0.3, 0.4) is 0 Å². The lowest BCUT2D eigenvalue weighted by Gasteiger charge is -2.31. The molecule has 1 aromatic heterocycles. The van der Waals surface area contributed by atoms with Crippen molar-refractivity contribution in [3.63, 3.8) is 0 Å². The van der Waals surface area contributed by atoms with Crippen LogP contribution in [0.1, 0.15) is 47.2 Å². The van der Waals surface area contributed by atoms with E-state index in [1.165, 1.54) is 0 Å². The average molecular weight is 452 g/mol. The van der Waals surface area contributed by atoms with Gasteiger partial charge in [-0.3, -0.25) is 4.79 Å². The third-order valence-corrected chi connectivity index (χ3v) is 6.86. The summed E-state index contributed by atoms with van der Waals surface area (Å²) in [7, 11) is 3.77. The number of hydrogen-bond acceptors (Lipinski definition) is 4. The van der Waals surface area contributed by atoms with Gasteiger partial charge >= 0.3 is 5.97 Å². The minimum atomic E-state index is -0.888. The van der Waals surface area contributed by atoms with E-state index >= 15 is 0 Å². The number of ether oxygens (including phenoxy) is 1. The predicted molar refractivity (Wildman–Crippen MR) is 131 cm³/mol. The first-order valence-corrected chi connectivity index (χ1v) is 11.2. The number of nitrogens with two attached hydrogens (primary N) is 1. The maximum Gasteiger partial charge on any atom is 0.315 e. The van der Waals surface area contributed by atoms with E-state index in [2.05, 4.69) is 22.6 Å². The van der Waals surface area contributed by atoms with Gasteiger partial charge < -0.3 is 25.0 Å². The number of carbonyl (C=O) groups is 1. The number of methoxy groups -OCH3 is 1. The van der Waals surface area contributed by atoms with Gasteiger partial charge in [0.25, 0.3) is 0 Å². The normalized spacial score (nSPS) is 16.2. The monoisotopic (exact) mass is 451 g/mol. The highest BCUT2D eigenvalue weighted by molar-refractivity contribution is 7.80. The third kappa shape index (κ3) is 3.98. The van der Waals surface area contributed by atoms with Crippen molar-refractivity contribution in [3.8, 4) is 5.75 Å². The van der Waals surface area contributed by atoms with Crippen molar-refractivity contribution >= 4 is 34.1 Å². The van der Waals surface area contributed by atoms with Crippen LogP contribution in [0.2, 0.25) is 0 Å². The second kappa shape index (κ2) is 8.92. The zero-order valence-electron chi connectivity index (χ0n) is 18.7. The summed E-state index contributed by atoms with van der Waals surface area (Å²) in [5, 5.41) is 11.2. The molecule has 32 heavy (non-hydrogen) atoms. The van der Waals surface area contributed by atoms with Crippen LogP contribution in [0, 0.1) is 6.92 Å². The highest BCUT2D eigenvalue weighted by Crippen LogP contribution is 2.40. The molecule has 1 unspecified atom stereocenters. The molecule has 0 amide bonds. The molecular formula is C25H29N3O3S. The largest absolute Gasteiger partial charge is 0.497 e. The van der Waals surface area contributed by atoms with Gasteiger partial charge in [-0.05, 0) is 69.2 Å². The topological polar surface area (TPSA) is 80.7 Å². The Kier molecular flexibility index (Phi) is 6.22. The number of carboxylic acid groups (broad SMARTS) is 1. The van der Waals surface area contributed by atoms with E-state index in [0.29, 0.717) is 22.3 Å². The van der Waals surface area contributed by atoms with E-state index in [4.69, 9.17) is 22.7 Å². The lowest BCUT2D eigenvalue weighted by Crippen LogP contribution is -2.31. The Hall–Kier alpha value is -2.90. The molecule has 1 fully saturated rings. The summed E-state index contributed by atoms with van der Waals surface area (Å²) in [5.74, 6) is -0.980. The summed E-state index contributed by atoms with van der Waals surface area (Å²) in [5.41, 5.74) is 10.0. The molecule has 3 N–H and O–H groups in total. The van der Waals surface area contributed by atoms with Crippen LogP contribution in [0.4, 0.5) is 0 Å². The van der Waals surface area contributed by atoms with Gasteiger partial charge in [0.05, 0.1) is 7.11 Å². The van der Waals surface area contributed by atoms with Crippen LogP contribution in [0.5, 0.6) is 5.75 Å². The number of carboxylic acids is 1. The molecule has 2 heterocycles. The summed E-state index contributed by atoms with van der Waals surface area (Å²) in [6.45, 7) is 4.09. The Labute approximate surface area is 193 Å². The molecule has 0 aliphatic carbocycles. The van der Waals surface area contributed by atoms with Crippen LogP contribution in [-0.2, 0) is 4.79 Å². The van der Waals surface area contributed by atoms with Crippen molar-refractivity contribution in [2.75, 3.05) is 27.2 Å². The molecule has 1 atom stereocenters. The number of aliphatic carboxylic acids is 1. The second-order valence-electron chi connectivity index (χ2n) is 8.54. The van der Waals surface area contributed by atoms with Gasteiger partial charge in [0.2, 0.25) is 0 Å². The van der Waals surface area contributed by atoms with Crippen molar-refractivity contribution < 1.29 is 14.6 Å². The predicted octanol–water partition coefficient (Wildman–Crippen LogP) is 4.08. The number of aromatic nitrogens is 1. The van der Waals surface area contributed by atoms with E-state index in [9.17, 15) is 9.90 Å². The minimum absolute atomic E-state index is 0.295. The number of fused-ring (bicyclic) bond motifs is 1. The van der Waals surface area contributed by atoms with Gasteiger partial charge in [-0.1, -0.05) is 36.5 Å². The molecule has 6 nitrogen and oxygen atoms in total. The molecule has 168 valence electrons. The Morgan fingerprint density at radius 2 is 1.84 bits per heavy atom. The van der Waals surface area contributed by atoms with Crippen LogP contribution in [0.25, 0.3) is 10.9 Å². The van der Waals surface area contributed by atoms with Crippen LogP contribution < -0.4 is 10.5 Å². The van der Waals surface area contributed by atoms with E-state index in [1.807, 2.05) is 31.2 Å². The summed E-state index contributed by atoms with van der Waals surface area (Å²) >= 11 is 5.05. The van der Waals surface area contributed by atoms with Crippen molar-refractivity contribution in [1.82, 2.24) is 9.47 Å². The van der Waals surface area contributed by atoms with Gasteiger partial charge in [0.1, 0.15) is 16.7 Å². The van der Waals surface area contributed by atoms with Crippen molar-refractivity contribution in [2.24, 2.45) is 5.73 Å². The van der Waals surface area contributed by atoms with E-state index in [0.717, 1.165) is 53.7 Å². The quantitative estimate of drug-likeness (QED) is 0.550. The molecule has 0 bridgehead atoms. The number of hydrogen-bond donors (Lipinski definition) is 2. The third-order valence-electron chi connectivity index (χ3n) is 6.62. The van der Waals surface area contributed by atoms with E-state index in [1.54, 1.807) is 19.2 Å². The zero-order chi connectivity index (χ0) is 23.0. The van der Waals surface area contributed by atoms with Crippen molar-refractivity contribution in [3.05, 3.63) is 64.8 Å². The van der Waals surface area contributed by atoms with E-state index < -0.39 is 11.9 Å². The first-order chi connectivity index (χ1) is 15.3. The molecule has 4 rings (SSSR count). The molecule has 2 aromatic carbocycles. The van der Waals surface area contributed by atoms with Crippen molar-refractivity contribution in [2.45, 2.75) is 31.7 Å². The molecule has 0 radical (unpaired) electrons.